The number of ether oxygens (including phenoxy) is 1. The highest BCUT2D eigenvalue weighted by atomic mass is 19.1. The highest BCUT2D eigenvalue weighted by Gasteiger charge is 2.32. The van der Waals surface area contributed by atoms with E-state index in [1.807, 2.05) is 12.1 Å². The van der Waals surface area contributed by atoms with E-state index >= 15 is 0 Å². The Morgan fingerprint density at radius 1 is 1.27 bits per heavy atom. The second kappa shape index (κ2) is 6.56. The molecule has 22 heavy (non-hydrogen) atoms. The van der Waals surface area contributed by atoms with Gasteiger partial charge in [-0.1, -0.05) is 18.2 Å². The highest BCUT2D eigenvalue weighted by molar-refractivity contribution is 5.78. The van der Waals surface area contributed by atoms with E-state index in [-0.39, 0.29) is 24.3 Å². The fraction of sp³-hybridized carbons (Fsp3) is 0.294. The first-order valence-corrected chi connectivity index (χ1v) is 7.30. The first kappa shape index (κ1) is 14.5. The molecule has 0 aliphatic heterocycles. The third-order valence-electron chi connectivity index (χ3n) is 3.57. The van der Waals surface area contributed by atoms with Gasteiger partial charge in [0.25, 0.3) is 5.91 Å². The second-order valence-corrected chi connectivity index (χ2v) is 5.33. The molecule has 1 aliphatic carbocycles. The molecule has 1 aromatic heterocycles. The lowest BCUT2D eigenvalue weighted by molar-refractivity contribution is -0.134. The van der Waals surface area contributed by atoms with Crippen LogP contribution in [0.1, 0.15) is 18.4 Å². The fourth-order valence-electron chi connectivity index (χ4n) is 2.28. The molecule has 2 aromatic rings. The summed E-state index contributed by atoms with van der Waals surface area (Å²) in [6.07, 6.45) is 5.46. The lowest BCUT2D eigenvalue weighted by Crippen LogP contribution is -2.36. The standard InChI is InChI=1S/C17H17FN2O2/c18-15-5-1-2-6-16(15)22-12-17(21)20(14-7-8-14)11-13-4-3-9-19-10-13/h1-6,9-10,14H,7-8,11-12H2. The Morgan fingerprint density at radius 3 is 2.77 bits per heavy atom. The Bertz CT molecular complexity index is 644. The zero-order valence-corrected chi connectivity index (χ0v) is 12.1. The summed E-state index contributed by atoms with van der Waals surface area (Å²) in [7, 11) is 0. The van der Waals surface area contributed by atoms with Crippen LogP contribution in [0.4, 0.5) is 4.39 Å². The van der Waals surface area contributed by atoms with Crippen LogP contribution in [0.15, 0.2) is 48.8 Å². The molecular formula is C17H17FN2O2. The van der Waals surface area contributed by atoms with Gasteiger partial charge in [0.2, 0.25) is 0 Å². The van der Waals surface area contributed by atoms with Crippen molar-refractivity contribution in [3.05, 3.63) is 60.2 Å². The van der Waals surface area contributed by atoms with E-state index < -0.39 is 5.82 Å². The number of carbonyl (C=O) groups excluding carboxylic acids is 1. The summed E-state index contributed by atoms with van der Waals surface area (Å²) >= 11 is 0. The number of nitrogens with zero attached hydrogens (tertiary/aromatic N) is 2. The summed E-state index contributed by atoms with van der Waals surface area (Å²) in [5.74, 6) is -0.483. The van der Waals surface area contributed by atoms with E-state index in [4.69, 9.17) is 4.74 Å². The average Bonchev–Trinajstić information content (AvgIpc) is 3.37. The molecule has 0 unspecified atom stereocenters. The van der Waals surface area contributed by atoms with Crippen LogP contribution in [0.5, 0.6) is 5.75 Å². The summed E-state index contributed by atoms with van der Waals surface area (Å²) in [5.41, 5.74) is 0.980. The molecule has 1 fully saturated rings. The normalized spacial score (nSPS) is 13.7. The smallest absolute Gasteiger partial charge is 0.261 e. The predicted molar refractivity (Wildman–Crippen MR) is 79.7 cm³/mol. The van der Waals surface area contributed by atoms with Gasteiger partial charge in [-0.25, -0.2) is 4.39 Å². The van der Waals surface area contributed by atoms with Crippen LogP contribution < -0.4 is 4.74 Å². The van der Waals surface area contributed by atoms with Crippen LogP contribution >= 0.6 is 0 Å². The van der Waals surface area contributed by atoms with Crippen LogP contribution in [-0.4, -0.2) is 28.4 Å². The third kappa shape index (κ3) is 3.61. The number of para-hydroxylation sites is 1. The lowest BCUT2D eigenvalue weighted by Gasteiger charge is -2.22. The molecule has 1 amide bonds. The summed E-state index contributed by atoms with van der Waals surface area (Å²) in [4.78, 5) is 18.2. The number of rotatable bonds is 6. The number of hydrogen-bond donors (Lipinski definition) is 0. The van der Waals surface area contributed by atoms with Gasteiger partial charge >= 0.3 is 0 Å². The summed E-state index contributed by atoms with van der Waals surface area (Å²) < 4.78 is 18.8. The van der Waals surface area contributed by atoms with Crippen LogP contribution in [-0.2, 0) is 11.3 Å². The number of pyridine rings is 1. The minimum Gasteiger partial charge on any atom is -0.481 e. The van der Waals surface area contributed by atoms with Crippen LogP contribution in [0.2, 0.25) is 0 Å². The maximum absolute atomic E-state index is 13.5. The van der Waals surface area contributed by atoms with Crippen molar-refractivity contribution in [2.24, 2.45) is 0 Å². The molecule has 0 saturated heterocycles. The van der Waals surface area contributed by atoms with Crippen molar-refractivity contribution >= 4 is 5.91 Å². The van der Waals surface area contributed by atoms with Crippen molar-refractivity contribution in [2.45, 2.75) is 25.4 Å². The maximum atomic E-state index is 13.5. The van der Waals surface area contributed by atoms with Gasteiger partial charge in [0.15, 0.2) is 18.2 Å². The van der Waals surface area contributed by atoms with Crippen LogP contribution in [0.3, 0.4) is 0 Å². The fourth-order valence-corrected chi connectivity index (χ4v) is 2.28. The first-order chi connectivity index (χ1) is 10.7. The van der Waals surface area contributed by atoms with Crippen LogP contribution in [0.25, 0.3) is 0 Å². The molecular weight excluding hydrogens is 283 g/mol. The molecule has 1 aromatic carbocycles. The van der Waals surface area contributed by atoms with Crippen LogP contribution in [0, 0.1) is 5.82 Å². The van der Waals surface area contributed by atoms with Crippen molar-refractivity contribution < 1.29 is 13.9 Å². The molecule has 0 spiro atoms. The van der Waals surface area contributed by atoms with Gasteiger partial charge in [-0.15, -0.1) is 0 Å². The number of carbonyl (C=O) groups is 1. The first-order valence-electron chi connectivity index (χ1n) is 7.30. The van der Waals surface area contributed by atoms with E-state index in [0.717, 1.165) is 18.4 Å². The zero-order chi connectivity index (χ0) is 15.4. The topological polar surface area (TPSA) is 42.4 Å². The van der Waals surface area contributed by atoms with E-state index in [2.05, 4.69) is 4.98 Å². The number of hydrogen-bond acceptors (Lipinski definition) is 3. The van der Waals surface area contributed by atoms with Crippen molar-refractivity contribution in [2.75, 3.05) is 6.61 Å². The van der Waals surface area contributed by atoms with Crippen molar-refractivity contribution in [3.8, 4) is 5.75 Å². The molecule has 0 bridgehead atoms. The monoisotopic (exact) mass is 300 g/mol. The van der Waals surface area contributed by atoms with Gasteiger partial charge in [-0.2, -0.15) is 0 Å². The predicted octanol–water partition coefficient (Wildman–Crippen LogP) is 2.79. The Hall–Kier alpha value is -2.43. The van der Waals surface area contributed by atoms with Gasteiger partial charge in [-0.05, 0) is 36.6 Å². The summed E-state index contributed by atoms with van der Waals surface area (Å²) in [6, 6.07) is 10.1. The van der Waals surface area contributed by atoms with Gasteiger partial charge in [0.1, 0.15) is 0 Å². The molecule has 0 atom stereocenters. The number of halogens is 1. The SMILES string of the molecule is O=C(COc1ccccc1F)N(Cc1cccnc1)C1CC1. The number of benzene rings is 1. The lowest BCUT2D eigenvalue weighted by atomic mass is 10.2. The van der Waals surface area contributed by atoms with E-state index in [0.29, 0.717) is 6.54 Å². The van der Waals surface area contributed by atoms with Gasteiger partial charge in [-0.3, -0.25) is 9.78 Å². The third-order valence-corrected chi connectivity index (χ3v) is 3.57. The molecule has 1 saturated carbocycles. The summed E-state index contributed by atoms with van der Waals surface area (Å²) in [5, 5.41) is 0. The van der Waals surface area contributed by atoms with E-state index in [1.54, 1.807) is 29.4 Å². The van der Waals surface area contributed by atoms with Crippen molar-refractivity contribution in [1.29, 1.82) is 0 Å². The second-order valence-electron chi connectivity index (χ2n) is 5.33. The minimum absolute atomic E-state index is 0.105. The summed E-state index contributed by atoms with van der Waals surface area (Å²) in [6.45, 7) is 0.357. The molecule has 0 N–H and O–H groups in total. The molecule has 1 aliphatic rings. The van der Waals surface area contributed by atoms with E-state index in [1.165, 1.54) is 12.1 Å². The molecule has 5 heteroatoms. The minimum atomic E-state index is -0.458. The maximum Gasteiger partial charge on any atom is 0.261 e. The van der Waals surface area contributed by atoms with Gasteiger partial charge in [0.05, 0.1) is 0 Å². The Labute approximate surface area is 128 Å². The number of amides is 1. The molecule has 114 valence electrons. The number of aromatic nitrogens is 1. The van der Waals surface area contributed by atoms with Gasteiger partial charge < -0.3 is 9.64 Å². The largest absolute Gasteiger partial charge is 0.481 e. The Balaban J connectivity index is 1.62. The Kier molecular flexibility index (Phi) is 4.32. The van der Waals surface area contributed by atoms with Crippen molar-refractivity contribution in [3.63, 3.8) is 0 Å². The van der Waals surface area contributed by atoms with E-state index in [9.17, 15) is 9.18 Å². The zero-order valence-electron chi connectivity index (χ0n) is 12.1. The molecule has 3 rings (SSSR count). The average molecular weight is 300 g/mol. The quantitative estimate of drug-likeness (QED) is 0.824. The molecule has 0 radical (unpaired) electrons. The highest BCUT2D eigenvalue weighted by Crippen LogP contribution is 2.28. The molecule has 4 nitrogen and oxygen atoms in total. The Morgan fingerprint density at radius 2 is 2.09 bits per heavy atom. The van der Waals surface area contributed by atoms with Crippen molar-refractivity contribution in [1.82, 2.24) is 9.88 Å². The van der Waals surface area contributed by atoms with Gasteiger partial charge in [0, 0.05) is 25.0 Å². The molecule has 1 heterocycles.